The smallest absolute Gasteiger partial charge is 0.0106 e. The zero-order valence-electron chi connectivity index (χ0n) is 10.7. The molecule has 0 heterocycles. The van der Waals surface area contributed by atoms with Crippen LogP contribution in [-0.4, -0.2) is 18.8 Å². The summed E-state index contributed by atoms with van der Waals surface area (Å²) in [5.74, 6) is 3.85. The maximum absolute atomic E-state index is 3.63. The van der Waals surface area contributed by atoms with Gasteiger partial charge in [-0.05, 0) is 49.3 Å². The van der Waals surface area contributed by atoms with Gasteiger partial charge in [0.05, 0.1) is 0 Å². The summed E-state index contributed by atoms with van der Waals surface area (Å²) in [4.78, 5) is 1.38. The average Bonchev–Trinajstić information content (AvgIpc) is 3.02. The second-order valence-corrected chi connectivity index (χ2v) is 6.57. The molecule has 0 saturated heterocycles. The summed E-state index contributed by atoms with van der Waals surface area (Å²) < 4.78 is 0. The number of nitrogens with one attached hydrogen (secondary N) is 1. The van der Waals surface area contributed by atoms with Gasteiger partial charge in [-0.25, -0.2) is 0 Å². The zero-order chi connectivity index (χ0) is 12.2. The number of fused-ring (bicyclic) bond motifs is 2. The molecule has 18 heavy (non-hydrogen) atoms. The zero-order valence-corrected chi connectivity index (χ0v) is 11.5. The molecule has 1 aromatic rings. The maximum atomic E-state index is 3.63. The number of benzene rings is 1. The monoisotopic (exact) mass is 259 g/mol. The van der Waals surface area contributed by atoms with Gasteiger partial charge in [-0.2, -0.15) is 0 Å². The molecule has 1 nitrogen and oxygen atoms in total. The Morgan fingerprint density at radius 1 is 1.11 bits per heavy atom. The van der Waals surface area contributed by atoms with Crippen molar-refractivity contribution in [3.63, 3.8) is 0 Å². The summed E-state index contributed by atoms with van der Waals surface area (Å²) in [6, 6.07) is 10.7. The van der Waals surface area contributed by atoms with Crippen molar-refractivity contribution in [2.75, 3.05) is 18.8 Å². The lowest BCUT2D eigenvalue weighted by atomic mass is 9.94. The molecule has 0 radical (unpaired) electrons. The molecule has 96 valence electrons. The van der Waals surface area contributed by atoms with Crippen molar-refractivity contribution in [2.24, 2.45) is 17.8 Å². The third-order valence-electron chi connectivity index (χ3n) is 4.11. The number of rotatable bonds is 6. The van der Waals surface area contributed by atoms with Crippen molar-refractivity contribution in [3.8, 4) is 0 Å². The Hall–Kier alpha value is -0.730. The second-order valence-electron chi connectivity index (χ2n) is 5.41. The minimum absolute atomic E-state index is 0.879. The van der Waals surface area contributed by atoms with Crippen LogP contribution in [0.1, 0.15) is 12.8 Å². The molecule has 2 bridgehead atoms. The highest BCUT2D eigenvalue weighted by Crippen LogP contribution is 2.42. The van der Waals surface area contributed by atoms with E-state index >= 15 is 0 Å². The van der Waals surface area contributed by atoms with E-state index < -0.39 is 0 Å². The Bertz CT molecular complexity index is 401. The molecule has 2 aliphatic carbocycles. The summed E-state index contributed by atoms with van der Waals surface area (Å²) in [6.45, 7) is 2.33. The fraction of sp³-hybridized carbons (Fsp3) is 0.500. The summed E-state index contributed by atoms with van der Waals surface area (Å²) in [6.07, 6.45) is 7.71. The number of thioether (sulfide) groups is 1. The lowest BCUT2D eigenvalue weighted by Gasteiger charge is -2.18. The number of hydrogen-bond acceptors (Lipinski definition) is 2. The standard InChI is InChI=1S/C16H21NS/c1-2-4-16(5-3-1)18-9-8-17-12-15-11-13-6-7-14(15)10-13/h1-7,13-15,17H,8-12H2. The van der Waals surface area contributed by atoms with E-state index in [1.807, 2.05) is 11.8 Å². The first-order chi connectivity index (χ1) is 8.92. The van der Waals surface area contributed by atoms with Gasteiger partial charge < -0.3 is 5.32 Å². The first-order valence-electron chi connectivity index (χ1n) is 6.99. The van der Waals surface area contributed by atoms with E-state index in [9.17, 15) is 0 Å². The van der Waals surface area contributed by atoms with Gasteiger partial charge in [-0.3, -0.25) is 0 Å². The molecule has 1 fully saturated rings. The number of hydrogen-bond donors (Lipinski definition) is 1. The molecule has 1 N–H and O–H groups in total. The molecule has 0 aromatic heterocycles. The van der Waals surface area contributed by atoms with Gasteiger partial charge in [0.2, 0.25) is 0 Å². The molecule has 2 heteroatoms. The average molecular weight is 259 g/mol. The normalized spacial score (nSPS) is 29.0. The van der Waals surface area contributed by atoms with E-state index in [4.69, 9.17) is 0 Å². The summed E-state index contributed by atoms with van der Waals surface area (Å²) >= 11 is 1.94. The first kappa shape index (κ1) is 12.3. The topological polar surface area (TPSA) is 12.0 Å². The van der Waals surface area contributed by atoms with Crippen LogP contribution < -0.4 is 5.32 Å². The van der Waals surface area contributed by atoms with Crippen LogP contribution in [0.3, 0.4) is 0 Å². The highest BCUT2D eigenvalue weighted by atomic mass is 32.2. The van der Waals surface area contributed by atoms with Crippen LogP contribution in [0.5, 0.6) is 0 Å². The van der Waals surface area contributed by atoms with E-state index in [0.717, 1.165) is 24.3 Å². The largest absolute Gasteiger partial charge is 0.316 e. The van der Waals surface area contributed by atoms with Crippen molar-refractivity contribution in [1.29, 1.82) is 0 Å². The third-order valence-corrected chi connectivity index (χ3v) is 5.13. The Kier molecular flexibility index (Phi) is 4.06. The van der Waals surface area contributed by atoms with Crippen molar-refractivity contribution in [3.05, 3.63) is 42.5 Å². The SMILES string of the molecule is C1=CC2CC1CC2CNCCSc1ccccc1. The predicted molar refractivity (Wildman–Crippen MR) is 78.9 cm³/mol. The molecule has 0 amide bonds. The van der Waals surface area contributed by atoms with Crippen molar-refractivity contribution < 1.29 is 0 Å². The van der Waals surface area contributed by atoms with E-state index in [-0.39, 0.29) is 0 Å². The highest BCUT2D eigenvalue weighted by Gasteiger charge is 2.34. The first-order valence-corrected chi connectivity index (χ1v) is 7.97. The highest BCUT2D eigenvalue weighted by molar-refractivity contribution is 7.99. The van der Waals surface area contributed by atoms with Gasteiger partial charge in [0, 0.05) is 17.2 Å². The lowest BCUT2D eigenvalue weighted by Crippen LogP contribution is -2.27. The fourth-order valence-electron chi connectivity index (χ4n) is 3.17. The van der Waals surface area contributed by atoms with Crippen LogP contribution >= 0.6 is 11.8 Å². The maximum Gasteiger partial charge on any atom is 0.0106 e. The second kappa shape index (κ2) is 5.94. The molecule has 3 rings (SSSR count). The number of allylic oxidation sites excluding steroid dienone is 2. The minimum atomic E-state index is 0.879. The molecule has 1 saturated carbocycles. The van der Waals surface area contributed by atoms with Gasteiger partial charge in [0.15, 0.2) is 0 Å². The van der Waals surface area contributed by atoms with Gasteiger partial charge in [-0.15, -0.1) is 11.8 Å². The van der Waals surface area contributed by atoms with Gasteiger partial charge in [0.1, 0.15) is 0 Å². The van der Waals surface area contributed by atoms with Crippen LogP contribution in [0, 0.1) is 17.8 Å². The molecular weight excluding hydrogens is 238 g/mol. The summed E-state index contributed by atoms with van der Waals surface area (Å²) in [7, 11) is 0. The van der Waals surface area contributed by atoms with Crippen molar-refractivity contribution in [1.82, 2.24) is 5.32 Å². The molecule has 1 aromatic carbocycles. The summed E-state index contributed by atoms with van der Waals surface area (Å²) in [5.41, 5.74) is 0. The van der Waals surface area contributed by atoms with E-state index in [1.54, 1.807) is 0 Å². The predicted octanol–water partition coefficient (Wildman–Crippen LogP) is 3.58. The fourth-order valence-corrected chi connectivity index (χ4v) is 4.01. The van der Waals surface area contributed by atoms with Gasteiger partial charge in [0.25, 0.3) is 0 Å². The van der Waals surface area contributed by atoms with Crippen LogP contribution in [-0.2, 0) is 0 Å². The molecule has 0 spiro atoms. The lowest BCUT2D eigenvalue weighted by molar-refractivity contribution is 0.420. The van der Waals surface area contributed by atoms with Crippen LogP contribution in [0.4, 0.5) is 0 Å². The quantitative estimate of drug-likeness (QED) is 0.476. The van der Waals surface area contributed by atoms with Gasteiger partial charge >= 0.3 is 0 Å². The van der Waals surface area contributed by atoms with E-state index in [1.165, 1.54) is 30.0 Å². The summed E-state index contributed by atoms with van der Waals surface area (Å²) in [5, 5.41) is 3.63. The van der Waals surface area contributed by atoms with E-state index in [0.29, 0.717) is 0 Å². The van der Waals surface area contributed by atoms with Crippen LogP contribution in [0.15, 0.2) is 47.4 Å². The Morgan fingerprint density at radius 2 is 2.00 bits per heavy atom. The van der Waals surface area contributed by atoms with Crippen LogP contribution in [0.2, 0.25) is 0 Å². The van der Waals surface area contributed by atoms with Crippen molar-refractivity contribution in [2.45, 2.75) is 17.7 Å². The van der Waals surface area contributed by atoms with Gasteiger partial charge in [-0.1, -0.05) is 30.4 Å². The molecule has 0 aliphatic heterocycles. The van der Waals surface area contributed by atoms with Crippen molar-refractivity contribution >= 4 is 11.8 Å². The molecular formula is C16H21NS. The Morgan fingerprint density at radius 3 is 2.72 bits per heavy atom. The Balaban J connectivity index is 1.30. The van der Waals surface area contributed by atoms with Crippen LogP contribution in [0.25, 0.3) is 0 Å². The molecule has 3 unspecified atom stereocenters. The third kappa shape index (κ3) is 2.99. The molecule has 2 aliphatic rings. The molecule has 3 atom stereocenters. The van der Waals surface area contributed by atoms with E-state index in [2.05, 4.69) is 47.8 Å². The minimum Gasteiger partial charge on any atom is -0.316 e. The Labute approximate surface area is 114 Å².